The van der Waals surface area contributed by atoms with Gasteiger partial charge in [0, 0.05) is 30.8 Å². The molecule has 0 unspecified atom stereocenters. The van der Waals surface area contributed by atoms with Gasteiger partial charge in [0.05, 0.1) is 11.0 Å². The van der Waals surface area contributed by atoms with Crippen molar-refractivity contribution in [1.82, 2.24) is 9.62 Å². The molecule has 2 rings (SSSR count). The molecule has 2 aromatic carbocycles. The lowest BCUT2D eigenvalue weighted by Gasteiger charge is -2.10. The maximum absolute atomic E-state index is 12.4. The largest absolute Gasteiger partial charge is 0.322 e. The fourth-order valence-corrected chi connectivity index (χ4v) is 3.45. The Kier molecular flexibility index (Phi) is 7.70. The second kappa shape index (κ2) is 9.99. The predicted molar refractivity (Wildman–Crippen MR) is 109 cm³/mol. The van der Waals surface area contributed by atoms with Gasteiger partial charge in [-0.25, -0.2) is 13.1 Å². The van der Waals surface area contributed by atoms with E-state index in [0.717, 1.165) is 13.0 Å². The number of likely N-dealkylation sites (N-methyl/N-ethyl adjacent to an activating group) is 1. The van der Waals surface area contributed by atoms with Crippen molar-refractivity contribution in [3.8, 4) is 6.07 Å². The average Bonchev–Trinajstić information content (AvgIpc) is 2.67. The molecule has 148 valence electrons. The minimum absolute atomic E-state index is 0.0472. The van der Waals surface area contributed by atoms with E-state index in [1.807, 2.05) is 44.4 Å². The second-order valence-corrected chi connectivity index (χ2v) is 8.30. The molecule has 1 amide bonds. The second-order valence-electron chi connectivity index (χ2n) is 6.53. The first-order valence-corrected chi connectivity index (χ1v) is 10.3. The predicted octanol–water partition coefficient (Wildman–Crippen LogP) is 2.23. The van der Waals surface area contributed by atoms with Crippen molar-refractivity contribution >= 4 is 21.6 Å². The molecule has 0 radical (unpaired) electrons. The molecule has 2 N–H and O–H groups in total. The van der Waals surface area contributed by atoms with Crippen molar-refractivity contribution in [2.75, 3.05) is 32.5 Å². The van der Waals surface area contributed by atoms with Crippen molar-refractivity contribution in [2.24, 2.45) is 0 Å². The standard InChI is InChI=1S/C20H24N4O3S/c1-24(2)15-12-16-4-8-18(9-5-16)23-20(25)17-6-10-19(11-7-17)28(26,27)22-14-3-13-21/h4-11,22H,3,12,14-15H2,1-2H3,(H,23,25). The van der Waals surface area contributed by atoms with Gasteiger partial charge in [-0.1, -0.05) is 12.1 Å². The summed E-state index contributed by atoms with van der Waals surface area (Å²) in [6.45, 7) is 0.998. The van der Waals surface area contributed by atoms with Gasteiger partial charge in [-0.3, -0.25) is 4.79 Å². The van der Waals surface area contributed by atoms with E-state index in [9.17, 15) is 13.2 Å². The molecule has 7 nitrogen and oxygen atoms in total. The number of sulfonamides is 1. The zero-order valence-electron chi connectivity index (χ0n) is 16.0. The highest BCUT2D eigenvalue weighted by Gasteiger charge is 2.14. The fourth-order valence-electron chi connectivity index (χ4n) is 2.42. The number of anilines is 1. The molecule has 0 heterocycles. The first-order valence-electron chi connectivity index (χ1n) is 8.83. The number of hydrogen-bond acceptors (Lipinski definition) is 5. The molecule has 0 aliphatic rings. The number of nitrogens with one attached hydrogen (secondary N) is 2. The summed E-state index contributed by atoms with van der Waals surface area (Å²) in [5.74, 6) is -0.317. The summed E-state index contributed by atoms with van der Waals surface area (Å²) < 4.78 is 26.5. The Morgan fingerprint density at radius 3 is 2.29 bits per heavy atom. The summed E-state index contributed by atoms with van der Waals surface area (Å²) in [4.78, 5) is 14.5. The van der Waals surface area contributed by atoms with Crippen LogP contribution < -0.4 is 10.0 Å². The molecule has 0 aromatic heterocycles. The van der Waals surface area contributed by atoms with Gasteiger partial charge in [0.2, 0.25) is 10.0 Å². The topological polar surface area (TPSA) is 102 Å². The van der Waals surface area contributed by atoms with Crippen molar-refractivity contribution in [2.45, 2.75) is 17.7 Å². The molecule has 0 fully saturated rings. The zero-order chi connectivity index (χ0) is 20.6. The Balaban J connectivity index is 1.98. The Hall–Kier alpha value is -2.73. The smallest absolute Gasteiger partial charge is 0.255 e. The molecular weight excluding hydrogens is 376 g/mol. The van der Waals surface area contributed by atoms with Crippen LogP contribution in [0.15, 0.2) is 53.4 Å². The van der Waals surface area contributed by atoms with E-state index in [4.69, 9.17) is 5.26 Å². The molecule has 0 saturated carbocycles. The van der Waals surface area contributed by atoms with Crippen molar-refractivity contribution in [1.29, 1.82) is 5.26 Å². The number of nitrogens with zero attached hydrogens (tertiary/aromatic N) is 2. The summed E-state index contributed by atoms with van der Waals surface area (Å²) in [5.41, 5.74) is 2.21. The Morgan fingerprint density at radius 2 is 1.71 bits per heavy atom. The highest BCUT2D eigenvalue weighted by molar-refractivity contribution is 7.89. The van der Waals surface area contributed by atoms with E-state index in [1.54, 1.807) is 0 Å². The molecule has 0 saturated heterocycles. The van der Waals surface area contributed by atoms with Crippen LogP contribution in [0.1, 0.15) is 22.3 Å². The van der Waals surface area contributed by atoms with Gasteiger partial charge in [-0.15, -0.1) is 0 Å². The van der Waals surface area contributed by atoms with Crippen LogP contribution in [0, 0.1) is 11.3 Å². The Bertz CT molecular complexity index is 931. The highest BCUT2D eigenvalue weighted by Crippen LogP contribution is 2.14. The molecule has 8 heteroatoms. The molecule has 0 atom stereocenters. The number of carbonyl (C=O) groups excluding carboxylic acids is 1. The third-order valence-electron chi connectivity index (χ3n) is 4.02. The van der Waals surface area contributed by atoms with E-state index >= 15 is 0 Å². The number of amides is 1. The lowest BCUT2D eigenvalue weighted by Crippen LogP contribution is -2.24. The molecule has 0 aliphatic heterocycles. The monoisotopic (exact) mass is 400 g/mol. The maximum atomic E-state index is 12.4. The molecule has 28 heavy (non-hydrogen) atoms. The molecular formula is C20H24N4O3S. The van der Waals surface area contributed by atoms with Gasteiger partial charge in [-0.05, 0) is 62.5 Å². The van der Waals surface area contributed by atoms with E-state index < -0.39 is 10.0 Å². The van der Waals surface area contributed by atoms with Crippen LogP contribution in [-0.4, -0.2) is 46.4 Å². The van der Waals surface area contributed by atoms with E-state index in [1.165, 1.54) is 29.8 Å². The van der Waals surface area contributed by atoms with Gasteiger partial charge in [-0.2, -0.15) is 5.26 Å². The van der Waals surface area contributed by atoms with Crippen molar-refractivity contribution in [3.05, 3.63) is 59.7 Å². The zero-order valence-corrected chi connectivity index (χ0v) is 16.8. The normalized spacial score (nSPS) is 11.2. The van der Waals surface area contributed by atoms with Crippen LogP contribution in [-0.2, 0) is 16.4 Å². The lowest BCUT2D eigenvalue weighted by molar-refractivity contribution is 0.102. The molecule has 0 aliphatic carbocycles. The summed E-state index contributed by atoms with van der Waals surface area (Å²) >= 11 is 0. The van der Waals surface area contributed by atoms with E-state index in [2.05, 4.69) is 14.9 Å². The van der Waals surface area contributed by atoms with Crippen LogP contribution >= 0.6 is 0 Å². The van der Waals surface area contributed by atoms with Crippen LogP contribution in [0.25, 0.3) is 0 Å². The third-order valence-corrected chi connectivity index (χ3v) is 5.49. The van der Waals surface area contributed by atoms with Crippen LogP contribution in [0.2, 0.25) is 0 Å². The molecule has 2 aromatic rings. The minimum atomic E-state index is -3.69. The average molecular weight is 401 g/mol. The van der Waals surface area contributed by atoms with Crippen LogP contribution in [0.3, 0.4) is 0 Å². The summed E-state index contributed by atoms with van der Waals surface area (Å²) in [7, 11) is 0.356. The molecule has 0 spiro atoms. The highest BCUT2D eigenvalue weighted by atomic mass is 32.2. The summed E-state index contributed by atoms with van der Waals surface area (Å²) in [5, 5.41) is 11.3. The van der Waals surface area contributed by atoms with Gasteiger partial charge in [0.15, 0.2) is 0 Å². The van der Waals surface area contributed by atoms with Gasteiger partial charge >= 0.3 is 0 Å². The van der Waals surface area contributed by atoms with Crippen molar-refractivity contribution < 1.29 is 13.2 Å². The van der Waals surface area contributed by atoms with Gasteiger partial charge in [0.1, 0.15) is 0 Å². The van der Waals surface area contributed by atoms with Crippen LogP contribution in [0.4, 0.5) is 5.69 Å². The van der Waals surface area contributed by atoms with E-state index in [-0.39, 0.29) is 23.8 Å². The van der Waals surface area contributed by atoms with Crippen molar-refractivity contribution in [3.63, 3.8) is 0 Å². The lowest BCUT2D eigenvalue weighted by atomic mass is 10.1. The van der Waals surface area contributed by atoms with Gasteiger partial charge < -0.3 is 10.2 Å². The number of benzene rings is 2. The molecule has 0 bridgehead atoms. The number of hydrogen-bond donors (Lipinski definition) is 2. The first kappa shape index (κ1) is 21.6. The third kappa shape index (κ3) is 6.46. The Morgan fingerprint density at radius 1 is 1.07 bits per heavy atom. The quantitative estimate of drug-likeness (QED) is 0.629. The fraction of sp³-hybridized carbons (Fsp3) is 0.300. The van der Waals surface area contributed by atoms with E-state index in [0.29, 0.717) is 11.3 Å². The maximum Gasteiger partial charge on any atom is 0.255 e. The summed E-state index contributed by atoms with van der Waals surface area (Å²) in [6, 6.07) is 15.2. The SMILES string of the molecule is CN(C)CCc1ccc(NC(=O)c2ccc(S(=O)(=O)NCCC#N)cc2)cc1. The number of rotatable bonds is 9. The van der Waals surface area contributed by atoms with Gasteiger partial charge in [0.25, 0.3) is 5.91 Å². The Labute approximate surface area is 166 Å². The minimum Gasteiger partial charge on any atom is -0.322 e. The number of carbonyl (C=O) groups is 1. The van der Waals surface area contributed by atoms with Crippen LogP contribution in [0.5, 0.6) is 0 Å². The number of nitriles is 1. The first-order chi connectivity index (χ1) is 13.3. The summed E-state index contributed by atoms with van der Waals surface area (Å²) in [6.07, 6.45) is 1.02.